The second-order valence-electron chi connectivity index (χ2n) is 5.75. The van der Waals surface area contributed by atoms with Crippen molar-refractivity contribution in [3.63, 3.8) is 0 Å². The van der Waals surface area contributed by atoms with Gasteiger partial charge in [-0.25, -0.2) is 0 Å². The molecule has 0 aliphatic carbocycles. The monoisotopic (exact) mass is 293 g/mol. The smallest absolute Gasteiger partial charge is 0.279 e. The Hall–Kier alpha value is -1.75. The standard InChI is InChI=1S/C16H24N2O3/c1-12-5-4-8-18(10-12)11-16(19)17-13-6-7-14(20-2)15(9-13)21-3/h6-7,9,12H,4-5,8,10-11H2,1-3H3,(H,17,19)/p+1/t12-/m1/s1. The van der Waals surface area contributed by atoms with Gasteiger partial charge in [-0.2, -0.15) is 0 Å². The number of hydrogen-bond acceptors (Lipinski definition) is 3. The van der Waals surface area contributed by atoms with Crippen molar-refractivity contribution in [1.29, 1.82) is 0 Å². The van der Waals surface area contributed by atoms with Crippen LogP contribution in [0.5, 0.6) is 11.5 Å². The molecule has 1 amide bonds. The van der Waals surface area contributed by atoms with E-state index in [0.29, 0.717) is 24.0 Å². The maximum atomic E-state index is 12.1. The van der Waals surface area contributed by atoms with Crippen molar-refractivity contribution in [3.8, 4) is 11.5 Å². The summed E-state index contributed by atoms with van der Waals surface area (Å²) in [4.78, 5) is 13.5. The maximum absolute atomic E-state index is 12.1. The topological polar surface area (TPSA) is 52.0 Å². The number of methoxy groups -OCH3 is 2. The molecule has 2 atom stereocenters. The van der Waals surface area contributed by atoms with Crippen molar-refractivity contribution in [2.75, 3.05) is 39.2 Å². The van der Waals surface area contributed by atoms with Crippen LogP contribution in [-0.2, 0) is 4.79 Å². The third-order valence-electron chi connectivity index (χ3n) is 3.94. The molecule has 0 saturated carbocycles. The highest BCUT2D eigenvalue weighted by molar-refractivity contribution is 5.91. The van der Waals surface area contributed by atoms with Gasteiger partial charge in [0.1, 0.15) is 0 Å². The molecule has 116 valence electrons. The Kier molecular flexibility index (Phi) is 5.44. The summed E-state index contributed by atoms with van der Waals surface area (Å²) in [6.45, 7) is 4.95. The Bertz CT molecular complexity index is 490. The fourth-order valence-electron chi connectivity index (χ4n) is 2.90. The summed E-state index contributed by atoms with van der Waals surface area (Å²) in [6.07, 6.45) is 2.49. The van der Waals surface area contributed by atoms with Crippen LogP contribution in [0, 0.1) is 5.92 Å². The first kappa shape index (κ1) is 15.6. The molecular weight excluding hydrogens is 268 g/mol. The summed E-state index contributed by atoms with van der Waals surface area (Å²) in [5.41, 5.74) is 0.738. The molecule has 21 heavy (non-hydrogen) atoms. The molecule has 2 rings (SSSR count). The number of rotatable bonds is 5. The summed E-state index contributed by atoms with van der Waals surface area (Å²) in [5, 5.41) is 2.93. The van der Waals surface area contributed by atoms with Crippen LogP contribution in [0.25, 0.3) is 0 Å². The van der Waals surface area contributed by atoms with Crippen LogP contribution in [0.1, 0.15) is 19.8 Å². The van der Waals surface area contributed by atoms with Crippen LogP contribution in [0.2, 0.25) is 0 Å². The highest BCUT2D eigenvalue weighted by Crippen LogP contribution is 2.29. The van der Waals surface area contributed by atoms with Crippen molar-refractivity contribution in [1.82, 2.24) is 0 Å². The zero-order valence-corrected chi connectivity index (χ0v) is 13.1. The lowest BCUT2D eigenvalue weighted by Crippen LogP contribution is -3.14. The number of piperidine rings is 1. The second kappa shape index (κ2) is 7.31. The van der Waals surface area contributed by atoms with Crippen LogP contribution < -0.4 is 19.7 Å². The summed E-state index contributed by atoms with van der Waals surface area (Å²) in [5.74, 6) is 2.04. The molecule has 1 aromatic carbocycles. The fraction of sp³-hybridized carbons (Fsp3) is 0.562. The lowest BCUT2D eigenvalue weighted by molar-refractivity contribution is -0.900. The van der Waals surface area contributed by atoms with E-state index in [4.69, 9.17) is 9.47 Å². The number of ether oxygens (including phenoxy) is 2. The van der Waals surface area contributed by atoms with Gasteiger partial charge in [-0.1, -0.05) is 6.92 Å². The molecule has 1 aliphatic heterocycles. The van der Waals surface area contributed by atoms with Crippen LogP contribution >= 0.6 is 0 Å². The van der Waals surface area contributed by atoms with E-state index in [9.17, 15) is 4.79 Å². The highest BCUT2D eigenvalue weighted by atomic mass is 16.5. The van der Waals surface area contributed by atoms with Crippen LogP contribution in [0.4, 0.5) is 5.69 Å². The number of carbonyl (C=O) groups is 1. The quantitative estimate of drug-likeness (QED) is 0.850. The molecule has 1 saturated heterocycles. The van der Waals surface area contributed by atoms with Gasteiger partial charge in [0.05, 0.1) is 27.3 Å². The van der Waals surface area contributed by atoms with E-state index >= 15 is 0 Å². The number of anilines is 1. The lowest BCUT2D eigenvalue weighted by Gasteiger charge is -2.27. The Morgan fingerprint density at radius 3 is 2.76 bits per heavy atom. The Morgan fingerprint density at radius 1 is 1.33 bits per heavy atom. The van der Waals surface area contributed by atoms with Crippen molar-refractivity contribution < 1.29 is 19.2 Å². The Morgan fingerprint density at radius 2 is 2.10 bits per heavy atom. The van der Waals surface area contributed by atoms with E-state index in [1.54, 1.807) is 26.4 Å². The van der Waals surface area contributed by atoms with E-state index in [-0.39, 0.29) is 5.91 Å². The van der Waals surface area contributed by atoms with E-state index in [1.165, 1.54) is 17.7 Å². The third kappa shape index (κ3) is 4.36. The van der Waals surface area contributed by atoms with Crippen molar-refractivity contribution >= 4 is 11.6 Å². The number of benzene rings is 1. The van der Waals surface area contributed by atoms with E-state index < -0.39 is 0 Å². The van der Waals surface area contributed by atoms with E-state index in [1.807, 2.05) is 6.07 Å². The van der Waals surface area contributed by atoms with Crippen LogP contribution in [-0.4, -0.2) is 39.8 Å². The average Bonchev–Trinajstić information content (AvgIpc) is 2.47. The lowest BCUT2D eigenvalue weighted by atomic mass is 10.0. The summed E-state index contributed by atoms with van der Waals surface area (Å²) >= 11 is 0. The van der Waals surface area contributed by atoms with Gasteiger partial charge in [0, 0.05) is 17.7 Å². The maximum Gasteiger partial charge on any atom is 0.279 e. The van der Waals surface area contributed by atoms with Gasteiger partial charge in [-0.3, -0.25) is 4.79 Å². The normalized spacial score (nSPS) is 21.7. The molecule has 0 radical (unpaired) electrons. The van der Waals surface area contributed by atoms with Crippen molar-refractivity contribution in [2.24, 2.45) is 5.92 Å². The Labute approximate surface area is 126 Å². The van der Waals surface area contributed by atoms with Crippen LogP contribution in [0.15, 0.2) is 18.2 Å². The van der Waals surface area contributed by atoms with E-state index in [2.05, 4.69) is 12.2 Å². The van der Waals surface area contributed by atoms with Gasteiger partial charge in [0.25, 0.3) is 5.91 Å². The molecule has 1 unspecified atom stereocenters. The summed E-state index contributed by atoms with van der Waals surface area (Å²) < 4.78 is 10.4. The Balaban J connectivity index is 1.93. The SMILES string of the molecule is COc1ccc(NC(=O)C[NH+]2CCC[C@@H](C)C2)cc1OC. The second-order valence-corrected chi connectivity index (χ2v) is 5.75. The molecule has 0 spiro atoms. The summed E-state index contributed by atoms with van der Waals surface area (Å²) in [6, 6.07) is 5.41. The number of nitrogens with one attached hydrogen (secondary N) is 2. The summed E-state index contributed by atoms with van der Waals surface area (Å²) in [7, 11) is 3.18. The predicted molar refractivity (Wildman–Crippen MR) is 82.1 cm³/mol. The number of hydrogen-bond donors (Lipinski definition) is 2. The molecule has 1 aliphatic rings. The minimum atomic E-state index is 0.0475. The zero-order chi connectivity index (χ0) is 15.2. The molecule has 1 heterocycles. The first-order valence-electron chi connectivity index (χ1n) is 7.47. The largest absolute Gasteiger partial charge is 0.493 e. The molecular formula is C16H25N2O3+. The van der Waals surface area contributed by atoms with Gasteiger partial charge in [0.15, 0.2) is 18.0 Å². The minimum Gasteiger partial charge on any atom is -0.493 e. The average molecular weight is 293 g/mol. The molecule has 1 aromatic rings. The molecule has 5 nitrogen and oxygen atoms in total. The van der Waals surface area contributed by atoms with Gasteiger partial charge in [-0.05, 0) is 25.0 Å². The highest BCUT2D eigenvalue weighted by Gasteiger charge is 2.22. The van der Waals surface area contributed by atoms with Gasteiger partial charge >= 0.3 is 0 Å². The van der Waals surface area contributed by atoms with Gasteiger partial charge < -0.3 is 19.7 Å². The number of amides is 1. The van der Waals surface area contributed by atoms with Crippen molar-refractivity contribution in [3.05, 3.63) is 18.2 Å². The van der Waals surface area contributed by atoms with Gasteiger partial charge in [-0.15, -0.1) is 0 Å². The number of quaternary nitrogens is 1. The molecule has 0 bridgehead atoms. The molecule has 5 heteroatoms. The first-order chi connectivity index (χ1) is 10.1. The molecule has 1 fully saturated rings. The third-order valence-corrected chi connectivity index (χ3v) is 3.94. The minimum absolute atomic E-state index is 0.0475. The van der Waals surface area contributed by atoms with Crippen LogP contribution in [0.3, 0.4) is 0 Å². The first-order valence-corrected chi connectivity index (χ1v) is 7.47. The fourth-order valence-corrected chi connectivity index (χ4v) is 2.90. The molecule has 0 aromatic heterocycles. The zero-order valence-electron chi connectivity index (χ0n) is 13.1. The van der Waals surface area contributed by atoms with Crippen molar-refractivity contribution in [2.45, 2.75) is 19.8 Å². The van der Waals surface area contributed by atoms with E-state index in [0.717, 1.165) is 18.8 Å². The van der Waals surface area contributed by atoms with Gasteiger partial charge in [0.2, 0.25) is 0 Å². The number of carbonyl (C=O) groups excluding carboxylic acids is 1. The molecule has 2 N–H and O–H groups in total. The predicted octanol–water partition coefficient (Wildman–Crippen LogP) is 0.957. The number of likely N-dealkylation sites (tertiary alicyclic amines) is 1.